The number of imide groups is 3. The number of carbonyl (C=O) groups excluding carboxylic acids is 8. The van der Waals surface area contributed by atoms with Gasteiger partial charge in [0.25, 0.3) is 0 Å². The van der Waals surface area contributed by atoms with Gasteiger partial charge in [-0.1, -0.05) is 154 Å². The molecule has 0 aromatic carbocycles. The number of ether oxygens (including phenoxy) is 8. The number of rotatable bonds is 46. The number of nitrogens with one attached hydrogen (secondary N) is 2. The minimum atomic E-state index is -0.301. The number of aromatic nitrogens is 6. The molecule has 3 saturated heterocycles. The summed E-state index contributed by atoms with van der Waals surface area (Å²) in [4.78, 5) is 102. The van der Waals surface area contributed by atoms with Crippen LogP contribution in [0.5, 0.6) is 0 Å². The van der Waals surface area contributed by atoms with E-state index in [1.807, 2.05) is 73.2 Å². The van der Waals surface area contributed by atoms with Gasteiger partial charge in [0.2, 0.25) is 47.3 Å². The quantitative estimate of drug-likeness (QED) is 0.0460. The SMILES string of the molecule is CC(C)(C)CCCCNC(=O)CCOCCOCCOCCOCCN1C(=O)CC(C(C)(C)C)C1=O.CC(C)(C)CCCCNC(=O)CCOCCOCCOCCOCCn1cc(CN2C(=O)CC(C(C)(C)C)C2=O)nn1.CC(C)(C)CCCCn1cc(CN2C(=O)CC(C(C)(C)C)C2=O)nn1. The van der Waals surface area contributed by atoms with Crippen molar-refractivity contribution in [1.82, 2.24) is 55.3 Å². The zero-order valence-electron chi connectivity index (χ0n) is 66.6. The molecule has 3 aliphatic heterocycles. The minimum absolute atomic E-state index is 0.0232. The second-order valence-electron chi connectivity index (χ2n) is 34.0. The Morgan fingerprint density at radius 3 is 0.971 bits per heavy atom. The molecule has 3 atom stereocenters. The Balaban J connectivity index is 0.000000414. The van der Waals surface area contributed by atoms with Crippen molar-refractivity contribution in [1.29, 1.82) is 0 Å². The number of unbranched alkanes of at least 4 members (excludes halogenated alkanes) is 3. The number of hydrogen-bond donors (Lipinski definition) is 2. The lowest BCUT2D eigenvalue weighted by Crippen LogP contribution is -2.36. The average Bonchev–Trinajstić information content (AvgIpc) is 1.67. The van der Waals surface area contributed by atoms with E-state index in [1.165, 1.54) is 21.1 Å². The van der Waals surface area contributed by atoms with E-state index in [4.69, 9.17) is 37.9 Å². The van der Waals surface area contributed by atoms with Crippen LogP contribution in [0.25, 0.3) is 0 Å². The first-order chi connectivity index (χ1) is 48.3. The molecule has 2 aromatic heterocycles. The lowest BCUT2D eigenvalue weighted by molar-refractivity contribution is -0.142. The maximum absolute atomic E-state index is 12.7. The summed E-state index contributed by atoms with van der Waals surface area (Å²) in [5.41, 5.74) is 1.61. The molecule has 103 heavy (non-hydrogen) atoms. The van der Waals surface area contributed by atoms with Crippen LogP contribution in [0.4, 0.5) is 0 Å². The first-order valence-electron chi connectivity index (χ1n) is 37.7. The highest BCUT2D eigenvalue weighted by Crippen LogP contribution is 2.38. The van der Waals surface area contributed by atoms with Crippen LogP contribution >= 0.6 is 0 Å². The number of amides is 8. The fourth-order valence-corrected chi connectivity index (χ4v) is 11.3. The van der Waals surface area contributed by atoms with Crippen LogP contribution in [0.3, 0.4) is 0 Å². The molecular weight excluding hydrogens is 1320 g/mol. The molecule has 3 aliphatic rings. The Bertz CT molecular complexity index is 2820. The highest BCUT2D eigenvalue weighted by molar-refractivity contribution is 6.05. The number of likely N-dealkylation sites (tertiary alicyclic amines) is 3. The summed E-state index contributed by atoms with van der Waals surface area (Å²) in [7, 11) is 0. The van der Waals surface area contributed by atoms with Crippen molar-refractivity contribution in [2.24, 2.45) is 50.2 Å². The smallest absolute Gasteiger partial charge is 0.233 e. The molecule has 0 spiro atoms. The van der Waals surface area contributed by atoms with Crippen molar-refractivity contribution in [3.8, 4) is 0 Å². The Hall–Kier alpha value is -5.68. The van der Waals surface area contributed by atoms with Gasteiger partial charge in [0.15, 0.2) is 0 Å². The van der Waals surface area contributed by atoms with Gasteiger partial charge in [-0.15, -0.1) is 10.2 Å². The van der Waals surface area contributed by atoms with E-state index in [0.717, 1.165) is 71.0 Å². The first-order valence-corrected chi connectivity index (χ1v) is 37.7. The van der Waals surface area contributed by atoms with Crippen molar-refractivity contribution < 1.29 is 76.3 Å². The van der Waals surface area contributed by atoms with E-state index in [2.05, 4.69) is 93.6 Å². The van der Waals surface area contributed by atoms with Crippen LogP contribution in [0, 0.1) is 50.2 Å². The third kappa shape index (κ3) is 40.0. The van der Waals surface area contributed by atoms with Crippen molar-refractivity contribution in [3.63, 3.8) is 0 Å². The molecule has 590 valence electrons. The molecule has 27 heteroatoms. The zero-order chi connectivity index (χ0) is 76.9. The van der Waals surface area contributed by atoms with E-state index >= 15 is 0 Å². The van der Waals surface area contributed by atoms with Gasteiger partial charge in [0.05, 0.1) is 162 Å². The monoisotopic (exact) mass is 1460 g/mol. The minimum Gasteiger partial charge on any atom is -0.379 e. The number of aryl methyl sites for hydroxylation is 1. The molecule has 0 radical (unpaired) electrons. The summed E-state index contributed by atoms with van der Waals surface area (Å²) < 4.78 is 47.3. The van der Waals surface area contributed by atoms with Crippen LogP contribution in [-0.4, -0.2) is 217 Å². The van der Waals surface area contributed by atoms with Crippen molar-refractivity contribution in [3.05, 3.63) is 23.8 Å². The molecule has 0 aliphatic carbocycles. The second kappa shape index (κ2) is 46.4. The Morgan fingerprint density at radius 1 is 0.369 bits per heavy atom. The van der Waals surface area contributed by atoms with E-state index in [1.54, 1.807) is 10.9 Å². The van der Waals surface area contributed by atoms with Gasteiger partial charge in [-0.2, -0.15) is 0 Å². The first kappa shape index (κ1) is 91.5. The van der Waals surface area contributed by atoms with E-state index in [-0.39, 0.29) is 114 Å². The molecule has 5 heterocycles. The van der Waals surface area contributed by atoms with Gasteiger partial charge in [-0.25, -0.2) is 4.68 Å². The molecule has 5 rings (SSSR count). The summed E-state index contributed by atoms with van der Waals surface area (Å²) in [6.45, 7) is 48.2. The van der Waals surface area contributed by atoms with Crippen LogP contribution in [0.1, 0.15) is 226 Å². The van der Waals surface area contributed by atoms with Crippen LogP contribution in [-0.2, 0) is 102 Å². The fraction of sp³-hybridized carbons (Fsp3) is 0.842. The van der Waals surface area contributed by atoms with E-state index in [0.29, 0.717) is 159 Å². The predicted octanol–water partition coefficient (Wildman–Crippen LogP) is 9.60. The maximum atomic E-state index is 12.7. The molecule has 2 aromatic rings. The Morgan fingerprint density at radius 2 is 0.650 bits per heavy atom. The Labute approximate surface area is 616 Å². The fourth-order valence-electron chi connectivity index (χ4n) is 11.3. The van der Waals surface area contributed by atoms with E-state index in [9.17, 15) is 38.4 Å². The van der Waals surface area contributed by atoms with Crippen LogP contribution in [0.2, 0.25) is 0 Å². The van der Waals surface area contributed by atoms with Gasteiger partial charge in [-0.3, -0.25) is 57.7 Å². The van der Waals surface area contributed by atoms with Gasteiger partial charge in [0.1, 0.15) is 11.4 Å². The summed E-state index contributed by atoms with van der Waals surface area (Å²) in [6, 6.07) is 0. The normalized spacial score (nSPS) is 17.0. The molecule has 0 saturated carbocycles. The number of carbonyl (C=O) groups is 8. The summed E-state index contributed by atoms with van der Waals surface area (Å²) >= 11 is 0. The third-order valence-electron chi connectivity index (χ3n) is 17.7. The van der Waals surface area contributed by atoms with Crippen molar-refractivity contribution >= 4 is 47.3 Å². The topological polar surface area (TPSA) is 306 Å². The van der Waals surface area contributed by atoms with Gasteiger partial charge in [-0.05, 0) is 71.0 Å². The molecular formula is C76H135N11O16. The molecule has 27 nitrogen and oxygen atoms in total. The number of nitrogens with zero attached hydrogens (tertiary/aromatic N) is 9. The van der Waals surface area contributed by atoms with Crippen molar-refractivity contribution in [2.75, 3.05) is 125 Å². The van der Waals surface area contributed by atoms with Crippen LogP contribution < -0.4 is 10.6 Å². The maximum Gasteiger partial charge on any atom is 0.233 e. The molecule has 0 bridgehead atoms. The lowest BCUT2D eigenvalue weighted by atomic mass is 9.80. The van der Waals surface area contributed by atoms with E-state index < -0.39 is 0 Å². The standard InChI is InChI=1S/C30H53N5O7.C27H50N2O7.C19H32N4O2/c1-29(2,3)10-7-8-11-31-26(36)9-13-39-15-17-41-19-20-42-18-16-40-14-12-34-22-24(32-33-34)23-35-27(37)21-25(28(35)38)30(4,5)6;1-26(2,3)10-7-8-11-28-23(30)9-13-33-15-17-35-19-20-36-18-16-34-14-12-29-24(31)21-22(25(29)32)27(4,5)6;1-18(2,3)9-7-8-10-22-12-14(20-21-22)13-23-16(24)11-15(17(23)25)19(4,5)6/h22,25H,7-21,23H2,1-6H3,(H,31,36);22H,7-21H2,1-6H3,(H,28,30);12,15H,7-11,13H2,1-6H3. The molecule has 2 N–H and O–H groups in total. The van der Waals surface area contributed by atoms with Crippen LogP contribution in [0.15, 0.2) is 12.4 Å². The highest BCUT2D eigenvalue weighted by atomic mass is 16.6. The second-order valence-corrected chi connectivity index (χ2v) is 34.0. The lowest BCUT2D eigenvalue weighted by Gasteiger charge is -2.24. The largest absolute Gasteiger partial charge is 0.379 e. The summed E-state index contributed by atoms with van der Waals surface area (Å²) in [5, 5.41) is 22.3. The average molecular weight is 1460 g/mol. The molecule has 8 amide bonds. The van der Waals surface area contributed by atoms with Crippen molar-refractivity contribution in [2.45, 2.75) is 241 Å². The van der Waals surface area contributed by atoms with Gasteiger partial charge < -0.3 is 48.5 Å². The number of hydrogen-bond acceptors (Lipinski definition) is 20. The predicted molar refractivity (Wildman–Crippen MR) is 392 cm³/mol. The van der Waals surface area contributed by atoms with Gasteiger partial charge >= 0.3 is 0 Å². The van der Waals surface area contributed by atoms with Gasteiger partial charge in [0, 0.05) is 51.7 Å². The highest BCUT2D eigenvalue weighted by Gasteiger charge is 2.47. The summed E-state index contributed by atoms with van der Waals surface area (Å²) in [6.07, 6.45) is 15.1. The Kier molecular flexibility index (Phi) is 41.2. The molecule has 3 unspecified atom stereocenters. The third-order valence-corrected chi connectivity index (χ3v) is 17.7. The molecule has 3 fully saturated rings. The zero-order valence-corrected chi connectivity index (χ0v) is 66.6. The summed E-state index contributed by atoms with van der Waals surface area (Å²) in [5.74, 6) is -1.46.